The maximum absolute atomic E-state index is 12.2. The summed E-state index contributed by atoms with van der Waals surface area (Å²) in [6.07, 6.45) is 0. The van der Waals surface area contributed by atoms with Crippen molar-refractivity contribution in [1.82, 2.24) is 9.88 Å². The van der Waals surface area contributed by atoms with Crippen LogP contribution < -0.4 is 11.1 Å². The van der Waals surface area contributed by atoms with Crippen LogP contribution in [0.25, 0.3) is 0 Å². The van der Waals surface area contributed by atoms with Crippen LogP contribution in [0.2, 0.25) is 0 Å². The number of aromatic nitrogens is 1. The van der Waals surface area contributed by atoms with E-state index in [1.807, 2.05) is 6.92 Å². The number of hydrogen-bond acceptors (Lipinski definition) is 6. The third-order valence-corrected chi connectivity index (χ3v) is 4.93. The van der Waals surface area contributed by atoms with Crippen molar-refractivity contribution >= 4 is 39.0 Å². The summed E-state index contributed by atoms with van der Waals surface area (Å²) in [5, 5.41) is 3.71. The van der Waals surface area contributed by atoms with E-state index in [1.54, 1.807) is 4.90 Å². The number of anilines is 2. The predicted molar refractivity (Wildman–Crippen MR) is 74.5 cm³/mol. The number of thiazole rings is 1. The SMILES string of the molecule is CCNc1nc(N)c(C(=O)N2CCS(=O)CC2)s1. The molecular formula is C10H16N4O2S2. The molecule has 0 aliphatic carbocycles. The Hall–Kier alpha value is -1.15. The Morgan fingerprint density at radius 1 is 1.56 bits per heavy atom. The minimum absolute atomic E-state index is 0.106. The van der Waals surface area contributed by atoms with Gasteiger partial charge in [-0.15, -0.1) is 0 Å². The van der Waals surface area contributed by atoms with Gasteiger partial charge in [-0.05, 0) is 6.92 Å². The molecule has 0 spiro atoms. The van der Waals surface area contributed by atoms with Crippen LogP contribution in [-0.2, 0) is 10.8 Å². The van der Waals surface area contributed by atoms with E-state index in [1.165, 1.54) is 11.3 Å². The zero-order valence-electron chi connectivity index (χ0n) is 10.1. The molecule has 2 rings (SSSR count). The lowest BCUT2D eigenvalue weighted by Crippen LogP contribution is -2.41. The number of carbonyl (C=O) groups excluding carboxylic acids is 1. The topological polar surface area (TPSA) is 88.3 Å². The number of rotatable bonds is 3. The summed E-state index contributed by atoms with van der Waals surface area (Å²) in [6.45, 7) is 3.75. The lowest BCUT2D eigenvalue weighted by atomic mass is 10.4. The van der Waals surface area contributed by atoms with Crippen LogP contribution in [0.4, 0.5) is 10.9 Å². The van der Waals surface area contributed by atoms with E-state index < -0.39 is 10.8 Å². The summed E-state index contributed by atoms with van der Waals surface area (Å²) < 4.78 is 11.3. The number of nitrogens with one attached hydrogen (secondary N) is 1. The summed E-state index contributed by atoms with van der Waals surface area (Å²) in [5.41, 5.74) is 5.76. The largest absolute Gasteiger partial charge is 0.382 e. The second kappa shape index (κ2) is 5.66. The molecule has 1 saturated heterocycles. The van der Waals surface area contributed by atoms with Gasteiger partial charge >= 0.3 is 0 Å². The van der Waals surface area contributed by atoms with Gasteiger partial charge in [-0.25, -0.2) is 4.98 Å². The van der Waals surface area contributed by atoms with E-state index in [0.29, 0.717) is 34.6 Å². The highest BCUT2D eigenvalue weighted by atomic mass is 32.2. The maximum Gasteiger partial charge on any atom is 0.267 e. The first-order chi connectivity index (χ1) is 8.61. The molecule has 0 radical (unpaired) electrons. The van der Waals surface area contributed by atoms with Crippen LogP contribution in [0.1, 0.15) is 16.6 Å². The van der Waals surface area contributed by atoms with Crippen molar-refractivity contribution in [1.29, 1.82) is 0 Å². The molecule has 1 amide bonds. The number of nitrogens with two attached hydrogens (primary N) is 1. The normalized spacial score (nSPS) is 16.8. The first kappa shape index (κ1) is 13.3. The third-order valence-electron chi connectivity index (χ3n) is 2.64. The molecule has 18 heavy (non-hydrogen) atoms. The van der Waals surface area contributed by atoms with Gasteiger partial charge in [0.1, 0.15) is 10.7 Å². The Morgan fingerprint density at radius 3 is 2.83 bits per heavy atom. The van der Waals surface area contributed by atoms with Gasteiger partial charge in [-0.3, -0.25) is 9.00 Å². The number of nitrogen functional groups attached to an aromatic ring is 1. The van der Waals surface area contributed by atoms with E-state index in [9.17, 15) is 9.00 Å². The van der Waals surface area contributed by atoms with Crippen LogP contribution in [0.3, 0.4) is 0 Å². The Labute approximate surface area is 112 Å². The average Bonchev–Trinajstić information content (AvgIpc) is 2.71. The molecule has 1 aromatic rings. The van der Waals surface area contributed by atoms with E-state index in [0.717, 1.165) is 6.54 Å². The van der Waals surface area contributed by atoms with Crippen LogP contribution >= 0.6 is 11.3 Å². The predicted octanol–water partition coefficient (Wildman–Crippen LogP) is 0.362. The maximum atomic E-state index is 12.2. The minimum Gasteiger partial charge on any atom is -0.382 e. The zero-order chi connectivity index (χ0) is 13.1. The number of hydrogen-bond donors (Lipinski definition) is 2. The molecule has 0 bridgehead atoms. The highest BCUT2D eigenvalue weighted by Crippen LogP contribution is 2.26. The Kier molecular flexibility index (Phi) is 4.18. The highest BCUT2D eigenvalue weighted by Gasteiger charge is 2.25. The number of amides is 1. The molecule has 0 atom stereocenters. The lowest BCUT2D eigenvalue weighted by Gasteiger charge is -2.25. The van der Waals surface area contributed by atoms with Crippen LogP contribution in [0.5, 0.6) is 0 Å². The van der Waals surface area contributed by atoms with Gasteiger partial charge in [0.2, 0.25) is 0 Å². The van der Waals surface area contributed by atoms with Crippen molar-refractivity contribution in [3.8, 4) is 0 Å². The number of nitrogens with zero attached hydrogens (tertiary/aromatic N) is 2. The zero-order valence-corrected chi connectivity index (χ0v) is 11.8. The van der Waals surface area contributed by atoms with E-state index in [-0.39, 0.29) is 11.7 Å². The van der Waals surface area contributed by atoms with E-state index >= 15 is 0 Å². The van der Waals surface area contributed by atoms with Gasteiger partial charge in [0.05, 0.1) is 0 Å². The fraction of sp³-hybridized carbons (Fsp3) is 0.600. The molecule has 1 aromatic heterocycles. The molecule has 0 unspecified atom stereocenters. The van der Waals surface area contributed by atoms with Gasteiger partial charge in [0.15, 0.2) is 5.13 Å². The summed E-state index contributed by atoms with van der Waals surface area (Å²) in [4.78, 5) is 18.5. The van der Waals surface area contributed by atoms with Crippen molar-refractivity contribution < 1.29 is 9.00 Å². The van der Waals surface area contributed by atoms with Crippen molar-refractivity contribution in [3.63, 3.8) is 0 Å². The second-order valence-corrected chi connectivity index (χ2v) is 6.60. The molecule has 1 aliphatic heterocycles. The highest BCUT2D eigenvalue weighted by molar-refractivity contribution is 7.85. The van der Waals surface area contributed by atoms with Gasteiger partial charge in [-0.1, -0.05) is 11.3 Å². The molecular weight excluding hydrogens is 272 g/mol. The molecule has 1 aliphatic rings. The molecule has 100 valence electrons. The van der Waals surface area contributed by atoms with Crippen LogP contribution in [0, 0.1) is 0 Å². The van der Waals surface area contributed by atoms with E-state index in [2.05, 4.69) is 10.3 Å². The first-order valence-electron chi connectivity index (χ1n) is 5.76. The molecule has 2 heterocycles. The average molecular weight is 288 g/mol. The Bertz CT molecular complexity index is 464. The van der Waals surface area contributed by atoms with Crippen LogP contribution in [-0.4, -0.2) is 51.1 Å². The quantitative estimate of drug-likeness (QED) is 0.838. The smallest absolute Gasteiger partial charge is 0.267 e. The molecule has 1 fully saturated rings. The fourth-order valence-corrected chi connectivity index (χ4v) is 3.67. The second-order valence-electron chi connectivity index (χ2n) is 3.90. The van der Waals surface area contributed by atoms with Gasteiger partial charge < -0.3 is 16.0 Å². The lowest BCUT2D eigenvalue weighted by molar-refractivity contribution is 0.0777. The van der Waals surface area contributed by atoms with Gasteiger partial charge in [0, 0.05) is 41.9 Å². The minimum atomic E-state index is -0.787. The van der Waals surface area contributed by atoms with Crippen molar-refractivity contribution in [2.45, 2.75) is 6.92 Å². The number of carbonyl (C=O) groups is 1. The third kappa shape index (κ3) is 2.81. The molecule has 0 saturated carbocycles. The molecule has 3 N–H and O–H groups in total. The monoisotopic (exact) mass is 288 g/mol. The molecule has 0 aromatic carbocycles. The Morgan fingerprint density at radius 2 is 2.22 bits per heavy atom. The first-order valence-corrected chi connectivity index (χ1v) is 8.06. The Balaban J connectivity index is 2.10. The standard InChI is InChI=1S/C10H16N4O2S2/c1-2-12-10-13-8(11)7(17-10)9(15)14-3-5-18(16)6-4-14/h2-6,11H2,1H3,(H,12,13). The van der Waals surface area contributed by atoms with Gasteiger partial charge in [0.25, 0.3) is 5.91 Å². The summed E-state index contributed by atoms with van der Waals surface area (Å²) in [7, 11) is -0.787. The fourth-order valence-electron chi connectivity index (χ4n) is 1.70. The van der Waals surface area contributed by atoms with Crippen LogP contribution in [0.15, 0.2) is 0 Å². The van der Waals surface area contributed by atoms with Crippen molar-refractivity contribution in [2.24, 2.45) is 0 Å². The van der Waals surface area contributed by atoms with Crippen molar-refractivity contribution in [2.75, 3.05) is 42.2 Å². The molecule has 6 nitrogen and oxygen atoms in total. The molecule has 8 heteroatoms. The summed E-state index contributed by atoms with van der Waals surface area (Å²) in [6, 6.07) is 0. The summed E-state index contributed by atoms with van der Waals surface area (Å²) in [5.74, 6) is 1.26. The summed E-state index contributed by atoms with van der Waals surface area (Å²) >= 11 is 1.27. The van der Waals surface area contributed by atoms with E-state index in [4.69, 9.17) is 5.73 Å². The van der Waals surface area contributed by atoms with Crippen molar-refractivity contribution in [3.05, 3.63) is 4.88 Å². The van der Waals surface area contributed by atoms with Gasteiger partial charge in [-0.2, -0.15) is 0 Å².